The van der Waals surface area contributed by atoms with Gasteiger partial charge in [0.2, 0.25) is 0 Å². The van der Waals surface area contributed by atoms with E-state index in [9.17, 15) is 4.79 Å². The molecule has 0 aliphatic rings. The van der Waals surface area contributed by atoms with Crippen LogP contribution in [0.1, 0.15) is 34.6 Å². The molecule has 96 valence electrons. The first-order valence-electron chi connectivity index (χ1n) is 5.94. The van der Waals surface area contributed by atoms with E-state index in [1.165, 1.54) is 0 Å². The summed E-state index contributed by atoms with van der Waals surface area (Å²) >= 11 is 0. The molecule has 0 saturated heterocycles. The number of hydrogen-bond donors (Lipinski definition) is 0. The summed E-state index contributed by atoms with van der Waals surface area (Å²) in [6, 6.07) is 0. The highest BCUT2D eigenvalue weighted by Gasteiger charge is 2.54. The standard InChI is InChI=1S/C12H29NOP2/c1-10(2)15(6,7)13(12(5)14)16(8,9)11(3)4/h10-11H,1-9H3/q+2. The van der Waals surface area contributed by atoms with Gasteiger partial charge in [0.25, 0.3) is 5.91 Å². The number of nitrogens with zero attached hydrogens (tertiary/aromatic N) is 1. The van der Waals surface area contributed by atoms with Crippen molar-refractivity contribution in [3.63, 3.8) is 0 Å². The molecular weight excluding hydrogens is 236 g/mol. The minimum absolute atomic E-state index is 0.263. The van der Waals surface area contributed by atoms with Crippen molar-refractivity contribution < 1.29 is 4.79 Å². The number of carbonyl (C=O) groups is 1. The van der Waals surface area contributed by atoms with Crippen molar-refractivity contribution in [2.75, 3.05) is 26.7 Å². The molecule has 0 aromatic heterocycles. The van der Waals surface area contributed by atoms with Gasteiger partial charge in [0.05, 0.1) is 38.0 Å². The van der Waals surface area contributed by atoms with Crippen molar-refractivity contribution in [2.45, 2.75) is 45.9 Å². The predicted molar refractivity (Wildman–Crippen MR) is 80.3 cm³/mol. The summed E-state index contributed by atoms with van der Waals surface area (Å²) < 4.78 is 2.27. The maximum Gasteiger partial charge on any atom is 0.286 e. The molecule has 0 radical (unpaired) electrons. The van der Waals surface area contributed by atoms with Gasteiger partial charge in [0.15, 0.2) is 0 Å². The van der Waals surface area contributed by atoms with Crippen LogP contribution in [0.15, 0.2) is 0 Å². The molecule has 0 heterocycles. The number of carbonyl (C=O) groups excluding carboxylic acids is 1. The maximum absolute atomic E-state index is 12.0. The van der Waals surface area contributed by atoms with Gasteiger partial charge in [-0.3, -0.25) is 4.79 Å². The highest BCUT2D eigenvalue weighted by atomic mass is 31.2. The van der Waals surface area contributed by atoms with Crippen molar-refractivity contribution in [3.8, 4) is 0 Å². The Kier molecular flexibility index (Phi) is 5.43. The smallest absolute Gasteiger partial charge is 0.268 e. The summed E-state index contributed by atoms with van der Waals surface area (Å²) in [6.45, 7) is 19.9. The summed E-state index contributed by atoms with van der Waals surface area (Å²) in [4.78, 5) is 12.0. The summed E-state index contributed by atoms with van der Waals surface area (Å²) in [5.41, 5.74) is 1.16. The molecule has 16 heavy (non-hydrogen) atoms. The second-order valence-electron chi connectivity index (χ2n) is 5.95. The zero-order chi connectivity index (χ0) is 13.3. The first kappa shape index (κ1) is 16.3. The molecule has 0 rings (SSSR count). The van der Waals surface area contributed by atoms with Crippen molar-refractivity contribution in [2.24, 2.45) is 0 Å². The van der Waals surface area contributed by atoms with Crippen LogP contribution in [-0.4, -0.2) is 48.3 Å². The Balaban J connectivity index is 5.42. The molecule has 0 spiro atoms. The lowest BCUT2D eigenvalue weighted by molar-refractivity contribution is -0.121. The molecule has 1 amide bonds. The normalized spacial score (nSPS) is 13.4. The van der Waals surface area contributed by atoms with E-state index >= 15 is 0 Å². The Bertz CT molecular complexity index is 240. The Morgan fingerprint density at radius 2 is 1.12 bits per heavy atom. The van der Waals surface area contributed by atoms with Gasteiger partial charge in [0.1, 0.15) is 14.8 Å². The Morgan fingerprint density at radius 3 is 1.25 bits per heavy atom. The van der Waals surface area contributed by atoms with Gasteiger partial charge in [-0.25, -0.2) is 0 Å². The lowest BCUT2D eigenvalue weighted by atomic mass is 10.6. The molecule has 0 atom stereocenters. The van der Waals surface area contributed by atoms with Crippen molar-refractivity contribution >= 4 is 20.7 Å². The Labute approximate surface area is 103 Å². The highest BCUT2D eigenvalue weighted by Crippen LogP contribution is 2.76. The van der Waals surface area contributed by atoms with Gasteiger partial charge in [-0.2, -0.15) is 0 Å². The Morgan fingerprint density at radius 1 is 0.875 bits per heavy atom. The largest absolute Gasteiger partial charge is 0.286 e. The molecule has 0 N–H and O–H groups in total. The lowest BCUT2D eigenvalue weighted by Crippen LogP contribution is -2.34. The van der Waals surface area contributed by atoms with Crippen LogP contribution < -0.4 is 0 Å². The van der Waals surface area contributed by atoms with Crippen LogP contribution in [0.25, 0.3) is 0 Å². The molecule has 0 aliphatic heterocycles. The van der Waals surface area contributed by atoms with Crippen molar-refractivity contribution in [1.29, 1.82) is 0 Å². The summed E-state index contributed by atoms with van der Waals surface area (Å²) in [7, 11) is -2.65. The van der Waals surface area contributed by atoms with Crippen LogP contribution in [0.3, 0.4) is 0 Å². The van der Waals surface area contributed by atoms with Crippen LogP contribution in [0.2, 0.25) is 0 Å². The minimum Gasteiger partial charge on any atom is -0.268 e. The van der Waals surface area contributed by atoms with E-state index in [1.807, 2.05) is 0 Å². The fourth-order valence-corrected chi connectivity index (χ4v) is 10.1. The zero-order valence-electron chi connectivity index (χ0n) is 12.4. The molecule has 0 fully saturated rings. The van der Waals surface area contributed by atoms with Gasteiger partial charge >= 0.3 is 0 Å². The van der Waals surface area contributed by atoms with Gasteiger partial charge in [-0.15, -0.1) is 4.44 Å². The van der Waals surface area contributed by atoms with Crippen LogP contribution in [-0.2, 0) is 4.79 Å². The molecule has 4 heteroatoms. The first-order valence-corrected chi connectivity index (χ1v) is 11.4. The predicted octanol–water partition coefficient (Wildman–Crippen LogP) is 4.04. The van der Waals surface area contributed by atoms with Gasteiger partial charge in [0, 0.05) is 6.92 Å². The highest BCUT2D eigenvalue weighted by molar-refractivity contribution is 7.88. The molecule has 0 aliphatic carbocycles. The van der Waals surface area contributed by atoms with Gasteiger partial charge in [-0.1, -0.05) is 0 Å². The second-order valence-corrected chi connectivity index (χ2v) is 15.1. The third-order valence-corrected chi connectivity index (χ3v) is 14.1. The molecule has 0 aromatic carbocycles. The van der Waals surface area contributed by atoms with Crippen molar-refractivity contribution in [3.05, 3.63) is 0 Å². The molecule has 0 aromatic rings. The average Bonchev–Trinajstić information content (AvgIpc) is 2.00. The van der Waals surface area contributed by atoms with Crippen LogP contribution in [0.5, 0.6) is 0 Å². The van der Waals surface area contributed by atoms with E-state index < -0.39 is 14.8 Å². The molecule has 0 unspecified atom stereocenters. The quantitative estimate of drug-likeness (QED) is 0.703. The van der Waals surface area contributed by atoms with E-state index in [0.717, 1.165) is 0 Å². The summed E-state index contributed by atoms with van der Waals surface area (Å²) in [6.07, 6.45) is 0. The monoisotopic (exact) mass is 265 g/mol. The summed E-state index contributed by atoms with van der Waals surface area (Å²) in [5, 5.41) is 0. The van der Waals surface area contributed by atoms with Crippen LogP contribution >= 0.6 is 14.8 Å². The zero-order valence-corrected chi connectivity index (χ0v) is 14.2. The van der Waals surface area contributed by atoms with E-state index in [-0.39, 0.29) is 5.91 Å². The summed E-state index contributed by atoms with van der Waals surface area (Å²) in [5.74, 6) is 0.263. The lowest BCUT2D eigenvalue weighted by Gasteiger charge is -2.39. The third kappa shape index (κ3) is 3.17. The number of hydrogen-bond acceptors (Lipinski definition) is 1. The Hall–Kier alpha value is 0.330. The van der Waals surface area contributed by atoms with Crippen LogP contribution in [0.4, 0.5) is 0 Å². The van der Waals surface area contributed by atoms with E-state index in [2.05, 4.69) is 58.8 Å². The maximum atomic E-state index is 12.0. The first-order chi connectivity index (χ1) is 6.95. The average molecular weight is 265 g/mol. The number of rotatable bonds is 4. The fourth-order valence-electron chi connectivity index (χ4n) is 1.76. The minimum atomic E-state index is -1.32. The van der Waals surface area contributed by atoms with Crippen LogP contribution in [0, 0.1) is 0 Å². The molecule has 0 bridgehead atoms. The topological polar surface area (TPSA) is 20.3 Å². The van der Waals surface area contributed by atoms with Gasteiger partial charge in [-0.05, 0) is 27.7 Å². The fraction of sp³-hybridized carbons (Fsp3) is 0.917. The van der Waals surface area contributed by atoms with Gasteiger partial charge < -0.3 is 0 Å². The van der Waals surface area contributed by atoms with E-state index in [1.54, 1.807) is 6.92 Å². The molecule has 0 saturated carbocycles. The third-order valence-electron chi connectivity index (χ3n) is 3.79. The van der Waals surface area contributed by atoms with E-state index in [0.29, 0.717) is 11.3 Å². The van der Waals surface area contributed by atoms with E-state index in [4.69, 9.17) is 0 Å². The van der Waals surface area contributed by atoms with Crippen molar-refractivity contribution in [1.82, 2.24) is 4.44 Å². The molecular formula is C12H29NOP2+2. The second kappa shape index (κ2) is 5.32. The molecule has 2 nitrogen and oxygen atoms in total. The SMILES string of the molecule is CC(=O)N([P+](C)(C)C(C)C)[P+](C)(C)C(C)C. The number of amides is 1.